The molecule has 0 saturated carbocycles. The van der Waals surface area contributed by atoms with Gasteiger partial charge in [-0.25, -0.2) is 9.97 Å². The van der Waals surface area contributed by atoms with Crippen LogP contribution in [0.4, 0.5) is 0 Å². The van der Waals surface area contributed by atoms with E-state index in [1.54, 1.807) is 20.4 Å². The van der Waals surface area contributed by atoms with Gasteiger partial charge in [-0.05, 0) is 91.5 Å². The highest BCUT2D eigenvalue weighted by atomic mass is 79.9. The molecule has 1 atom stereocenters. The number of rotatable bonds is 6. The summed E-state index contributed by atoms with van der Waals surface area (Å²) in [5.41, 5.74) is 5.70. The molecule has 4 aromatic heterocycles. The number of benzene rings is 2. The molecule has 198 valence electrons. The average molecular weight is 650 g/mol. The van der Waals surface area contributed by atoms with Gasteiger partial charge in [0.15, 0.2) is 0 Å². The van der Waals surface area contributed by atoms with Gasteiger partial charge in [-0.1, -0.05) is 24.3 Å². The number of aliphatic hydroxyl groups excluding tert-OH is 1. The number of ether oxygens (including phenoxy) is 2. The molecule has 0 radical (unpaired) electrons. The van der Waals surface area contributed by atoms with Crippen LogP contribution in [-0.4, -0.2) is 38.1 Å². The lowest BCUT2D eigenvalue weighted by atomic mass is 10.1. The highest BCUT2D eigenvalue weighted by Crippen LogP contribution is 2.25. The van der Waals surface area contributed by atoms with Gasteiger partial charge in [0.05, 0.1) is 26.1 Å². The number of pyridine rings is 2. The van der Waals surface area contributed by atoms with Crippen LogP contribution in [0.15, 0.2) is 107 Å². The molecule has 7 nitrogen and oxygen atoms in total. The number of hydrogen-bond acceptors (Lipinski definition) is 5. The summed E-state index contributed by atoms with van der Waals surface area (Å²) < 4.78 is 16.3. The van der Waals surface area contributed by atoms with Crippen molar-refractivity contribution < 1.29 is 14.6 Å². The van der Waals surface area contributed by atoms with Crippen molar-refractivity contribution in [2.24, 2.45) is 0 Å². The van der Waals surface area contributed by atoms with Gasteiger partial charge >= 0.3 is 0 Å². The van der Waals surface area contributed by atoms with Crippen molar-refractivity contribution in [3.8, 4) is 11.5 Å². The third-order valence-electron chi connectivity index (χ3n) is 6.30. The van der Waals surface area contributed by atoms with Crippen molar-refractivity contribution in [1.82, 2.24) is 18.8 Å². The van der Waals surface area contributed by atoms with Gasteiger partial charge in [-0.15, -0.1) is 0 Å². The number of aromatic nitrogens is 4. The van der Waals surface area contributed by atoms with Crippen LogP contribution in [0.2, 0.25) is 0 Å². The number of hydrogen-bond donors (Lipinski definition) is 1. The number of fused-ring (bicyclic) bond motifs is 2. The summed E-state index contributed by atoms with van der Waals surface area (Å²) in [6.07, 6.45) is 7.67. The fourth-order valence-corrected chi connectivity index (χ4v) is 4.90. The third-order valence-corrected chi connectivity index (χ3v) is 7.24. The monoisotopic (exact) mass is 648 g/mol. The molecule has 0 saturated heterocycles. The normalized spacial score (nSPS) is 11.7. The predicted octanol–water partition coefficient (Wildman–Crippen LogP) is 6.88. The van der Waals surface area contributed by atoms with Crippen LogP contribution in [0, 0.1) is 0 Å². The van der Waals surface area contributed by atoms with E-state index in [0.29, 0.717) is 0 Å². The Morgan fingerprint density at radius 3 is 1.87 bits per heavy atom. The summed E-state index contributed by atoms with van der Waals surface area (Å²) in [5.74, 6) is 1.64. The van der Waals surface area contributed by atoms with Crippen molar-refractivity contribution in [2.75, 3.05) is 14.2 Å². The zero-order chi connectivity index (χ0) is 27.4. The Bertz CT molecular complexity index is 1700. The Kier molecular flexibility index (Phi) is 8.30. The van der Waals surface area contributed by atoms with Gasteiger partial charge in [-0.2, -0.15) is 0 Å². The predicted molar refractivity (Wildman–Crippen MR) is 159 cm³/mol. The van der Waals surface area contributed by atoms with Gasteiger partial charge in [0.2, 0.25) is 0 Å². The minimum atomic E-state index is -0.731. The highest BCUT2D eigenvalue weighted by Gasteiger charge is 2.15. The van der Waals surface area contributed by atoms with Crippen LogP contribution in [0.25, 0.3) is 11.3 Å². The molecule has 1 unspecified atom stereocenters. The van der Waals surface area contributed by atoms with Crippen molar-refractivity contribution >= 4 is 43.2 Å². The minimum Gasteiger partial charge on any atom is -0.497 e. The third kappa shape index (κ3) is 6.16. The van der Waals surface area contributed by atoms with Gasteiger partial charge in [0, 0.05) is 39.7 Å². The first-order valence-corrected chi connectivity index (χ1v) is 13.7. The van der Waals surface area contributed by atoms with Gasteiger partial charge in [-0.3, -0.25) is 4.40 Å². The molecule has 4 heterocycles. The molecule has 0 bridgehead atoms. The molecule has 6 rings (SSSR count). The standard InChI is InChI=1S/C15H13BrN2O2.C15H13BrN2O/c1-20-12-5-2-10(3-6-12)15(19)13-8-17-14-7-4-11(16)9-18(13)14;1-19-14-5-2-11(3-6-14)8-13-9-17-15-7-4-12(16)10-18(13)15/h2-9,15,19H,1H3;2-7,9-10H,8H2,1H3. The minimum absolute atomic E-state index is 0.728. The fraction of sp³-hybridized carbons (Fsp3) is 0.133. The molecule has 0 fully saturated rings. The van der Waals surface area contributed by atoms with E-state index in [-0.39, 0.29) is 0 Å². The molecular formula is C30H26Br2N4O3. The van der Waals surface area contributed by atoms with Gasteiger partial charge in [0.1, 0.15) is 28.9 Å². The van der Waals surface area contributed by atoms with Crippen LogP contribution < -0.4 is 9.47 Å². The van der Waals surface area contributed by atoms with Crippen LogP contribution in [0.1, 0.15) is 28.6 Å². The summed E-state index contributed by atoms with van der Waals surface area (Å²) in [7, 11) is 3.30. The van der Waals surface area contributed by atoms with E-state index in [1.165, 1.54) is 11.3 Å². The van der Waals surface area contributed by atoms with Crippen molar-refractivity contribution in [1.29, 1.82) is 0 Å². The summed E-state index contributed by atoms with van der Waals surface area (Å²) in [4.78, 5) is 8.70. The van der Waals surface area contributed by atoms with E-state index in [4.69, 9.17) is 9.47 Å². The molecule has 0 aliphatic rings. The average Bonchev–Trinajstić information content (AvgIpc) is 3.57. The number of nitrogens with zero attached hydrogens (tertiary/aromatic N) is 4. The number of halogens is 2. The van der Waals surface area contributed by atoms with E-state index in [9.17, 15) is 5.11 Å². The fourth-order valence-electron chi connectivity index (χ4n) is 4.22. The number of aliphatic hydroxyl groups is 1. The first-order valence-electron chi connectivity index (χ1n) is 12.1. The van der Waals surface area contributed by atoms with E-state index in [1.807, 2.05) is 83.7 Å². The lowest BCUT2D eigenvalue weighted by Crippen LogP contribution is -2.03. The number of methoxy groups -OCH3 is 2. The molecule has 0 aliphatic heterocycles. The zero-order valence-corrected chi connectivity index (χ0v) is 24.5. The number of imidazole rings is 2. The van der Waals surface area contributed by atoms with Crippen LogP contribution in [-0.2, 0) is 6.42 Å². The van der Waals surface area contributed by atoms with Crippen LogP contribution in [0.3, 0.4) is 0 Å². The molecule has 39 heavy (non-hydrogen) atoms. The quantitative estimate of drug-likeness (QED) is 0.213. The lowest BCUT2D eigenvalue weighted by Gasteiger charge is -2.11. The summed E-state index contributed by atoms with van der Waals surface area (Å²) >= 11 is 6.92. The topological polar surface area (TPSA) is 73.3 Å². The zero-order valence-electron chi connectivity index (χ0n) is 21.3. The Labute approximate surface area is 243 Å². The summed E-state index contributed by atoms with van der Waals surface area (Å²) in [6, 6.07) is 23.3. The van der Waals surface area contributed by atoms with E-state index < -0.39 is 6.10 Å². The van der Waals surface area contributed by atoms with E-state index in [0.717, 1.165) is 49.4 Å². The smallest absolute Gasteiger partial charge is 0.137 e. The van der Waals surface area contributed by atoms with E-state index in [2.05, 4.69) is 58.4 Å². The largest absolute Gasteiger partial charge is 0.497 e. The second-order valence-electron chi connectivity index (χ2n) is 8.78. The highest BCUT2D eigenvalue weighted by molar-refractivity contribution is 9.10. The summed E-state index contributed by atoms with van der Waals surface area (Å²) in [6.45, 7) is 0. The maximum absolute atomic E-state index is 10.5. The van der Waals surface area contributed by atoms with Crippen molar-refractivity contribution in [3.63, 3.8) is 0 Å². The first kappa shape index (κ1) is 26.9. The Balaban J connectivity index is 0.000000158. The molecular weight excluding hydrogens is 624 g/mol. The van der Waals surface area contributed by atoms with Crippen molar-refractivity contribution in [2.45, 2.75) is 12.5 Å². The lowest BCUT2D eigenvalue weighted by molar-refractivity contribution is 0.214. The molecule has 6 aromatic rings. The summed E-state index contributed by atoms with van der Waals surface area (Å²) in [5, 5.41) is 10.5. The Morgan fingerprint density at radius 1 is 0.718 bits per heavy atom. The van der Waals surface area contributed by atoms with Crippen LogP contribution >= 0.6 is 31.9 Å². The molecule has 1 N–H and O–H groups in total. The maximum atomic E-state index is 10.5. The maximum Gasteiger partial charge on any atom is 0.137 e. The second kappa shape index (κ2) is 12.0. The Hall–Kier alpha value is -3.66. The molecule has 0 amide bonds. The van der Waals surface area contributed by atoms with Crippen molar-refractivity contribution in [3.05, 3.63) is 129 Å². The Morgan fingerprint density at radius 2 is 1.26 bits per heavy atom. The van der Waals surface area contributed by atoms with E-state index >= 15 is 0 Å². The van der Waals surface area contributed by atoms with Gasteiger partial charge in [0.25, 0.3) is 0 Å². The van der Waals surface area contributed by atoms with Crippen LogP contribution in [0.5, 0.6) is 11.5 Å². The molecule has 0 spiro atoms. The first-order chi connectivity index (χ1) is 18.9. The molecule has 0 aliphatic carbocycles. The molecule has 2 aromatic carbocycles. The second-order valence-corrected chi connectivity index (χ2v) is 10.6. The van der Waals surface area contributed by atoms with Gasteiger partial charge < -0.3 is 19.0 Å². The molecule has 9 heteroatoms. The SMILES string of the molecule is COc1ccc(C(O)c2cnc3ccc(Br)cn23)cc1.COc1ccc(Cc2cnc3ccc(Br)cn23)cc1.